The molecule has 0 bridgehead atoms. The summed E-state index contributed by atoms with van der Waals surface area (Å²) in [5.74, 6) is -3.11. The summed E-state index contributed by atoms with van der Waals surface area (Å²) in [6.07, 6.45) is -0.279. The van der Waals surface area contributed by atoms with Gasteiger partial charge in [-0.1, -0.05) is 13.8 Å². The van der Waals surface area contributed by atoms with E-state index in [0.717, 1.165) is 0 Å². The molecular weight excluding hydrogens is 356 g/mol. The van der Waals surface area contributed by atoms with Crippen LogP contribution in [0.4, 0.5) is 0 Å². The molecule has 5 unspecified atom stereocenters. The molecule has 1 aliphatic heterocycles. The van der Waals surface area contributed by atoms with Crippen LogP contribution in [0.15, 0.2) is 0 Å². The van der Waals surface area contributed by atoms with Crippen molar-refractivity contribution in [1.82, 2.24) is 15.5 Å². The van der Waals surface area contributed by atoms with E-state index in [0.29, 0.717) is 19.4 Å². The van der Waals surface area contributed by atoms with Gasteiger partial charge >= 0.3 is 5.97 Å². The van der Waals surface area contributed by atoms with Gasteiger partial charge in [0.25, 0.3) is 0 Å². The number of rotatable bonds is 8. The van der Waals surface area contributed by atoms with Crippen LogP contribution in [0, 0.1) is 5.92 Å². The number of carbonyl (C=O) groups excluding carboxylic acids is 3. The number of aliphatic hydroxyl groups is 1. The molecule has 10 nitrogen and oxygen atoms in total. The predicted molar refractivity (Wildman–Crippen MR) is 96.4 cm³/mol. The lowest BCUT2D eigenvalue weighted by molar-refractivity contribution is -0.149. The highest BCUT2D eigenvalue weighted by Gasteiger charge is 2.37. The molecular formula is C17H30N4O6. The summed E-state index contributed by atoms with van der Waals surface area (Å²) < 4.78 is 0. The first-order chi connectivity index (χ1) is 12.5. The number of hydrogen-bond donors (Lipinski definition) is 5. The topological polar surface area (TPSA) is 162 Å². The smallest absolute Gasteiger partial charge is 0.326 e. The Morgan fingerprint density at radius 3 is 2.15 bits per heavy atom. The Labute approximate surface area is 158 Å². The van der Waals surface area contributed by atoms with Crippen molar-refractivity contribution in [2.45, 2.75) is 70.8 Å². The van der Waals surface area contributed by atoms with E-state index in [2.05, 4.69) is 10.6 Å². The summed E-state index contributed by atoms with van der Waals surface area (Å²) in [4.78, 5) is 49.5. The second-order valence-corrected chi connectivity index (χ2v) is 7.25. The van der Waals surface area contributed by atoms with Gasteiger partial charge in [-0.25, -0.2) is 4.79 Å². The molecule has 3 amide bonds. The van der Waals surface area contributed by atoms with Crippen molar-refractivity contribution in [2.24, 2.45) is 11.7 Å². The van der Waals surface area contributed by atoms with Crippen molar-refractivity contribution < 1.29 is 29.4 Å². The van der Waals surface area contributed by atoms with Gasteiger partial charge in [0.15, 0.2) is 0 Å². The number of amides is 3. The number of nitrogens with one attached hydrogen (secondary N) is 2. The van der Waals surface area contributed by atoms with Crippen LogP contribution < -0.4 is 16.4 Å². The van der Waals surface area contributed by atoms with E-state index in [-0.39, 0.29) is 5.92 Å². The Kier molecular flexibility index (Phi) is 8.17. The molecule has 0 aromatic carbocycles. The zero-order chi connectivity index (χ0) is 20.9. The number of nitrogens with two attached hydrogens (primary N) is 1. The van der Waals surface area contributed by atoms with Gasteiger partial charge in [0, 0.05) is 6.54 Å². The van der Waals surface area contributed by atoms with Crippen molar-refractivity contribution in [3.8, 4) is 0 Å². The van der Waals surface area contributed by atoms with Crippen LogP contribution in [0.5, 0.6) is 0 Å². The molecule has 6 N–H and O–H groups in total. The molecule has 1 heterocycles. The second kappa shape index (κ2) is 9.65. The number of carboxylic acids is 1. The minimum atomic E-state index is -1.29. The minimum Gasteiger partial charge on any atom is -0.480 e. The van der Waals surface area contributed by atoms with E-state index in [1.165, 1.54) is 18.7 Å². The van der Waals surface area contributed by atoms with Gasteiger partial charge in [-0.15, -0.1) is 0 Å². The lowest BCUT2D eigenvalue weighted by Crippen LogP contribution is -2.59. The number of carbonyl (C=O) groups is 4. The minimum absolute atomic E-state index is 0.161. The SMILES string of the molecule is CC(NC(=O)C(NC(=O)C(N)C(C)C)C(C)O)C(=O)N1CCCC1C(=O)O. The molecule has 0 aliphatic carbocycles. The molecule has 0 aromatic heterocycles. The normalized spacial score (nSPS) is 21.3. The summed E-state index contributed by atoms with van der Waals surface area (Å²) in [5.41, 5.74) is 5.74. The van der Waals surface area contributed by atoms with Crippen LogP contribution in [0.1, 0.15) is 40.5 Å². The van der Waals surface area contributed by atoms with E-state index < -0.39 is 54.0 Å². The fourth-order valence-electron chi connectivity index (χ4n) is 2.86. The zero-order valence-electron chi connectivity index (χ0n) is 16.1. The molecule has 0 saturated carbocycles. The summed E-state index contributed by atoms with van der Waals surface area (Å²) in [6, 6.07) is -4.05. The average molecular weight is 386 g/mol. The molecule has 1 rings (SSSR count). The van der Waals surface area contributed by atoms with Gasteiger partial charge < -0.3 is 31.5 Å². The fourth-order valence-corrected chi connectivity index (χ4v) is 2.86. The van der Waals surface area contributed by atoms with E-state index in [9.17, 15) is 29.4 Å². The second-order valence-electron chi connectivity index (χ2n) is 7.25. The number of nitrogens with zero attached hydrogens (tertiary/aromatic N) is 1. The quantitative estimate of drug-likeness (QED) is 0.336. The molecule has 5 atom stereocenters. The first-order valence-electron chi connectivity index (χ1n) is 9.05. The Bertz CT molecular complexity index is 580. The number of hydrogen-bond acceptors (Lipinski definition) is 6. The van der Waals surface area contributed by atoms with E-state index in [1.54, 1.807) is 13.8 Å². The van der Waals surface area contributed by atoms with Crippen molar-refractivity contribution in [3.63, 3.8) is 0 Å². The van der Waals surface area contributed by atoms with Crippen LogP contribution in [0.25, 0.3) is 0 Å². The lowest BCUT2D eigenvalue weighted by Gasteiger charge is -2.28. The lowest BCUT2D eigenvalue weighted by atomic mass is 10.0. The number of aliphatic carboxylic acids is 1. The molecule has 154 valence electrons. The fraction of sp³-hybridized carbons (Fsp3) is 0.765. The highest BCUT2D eigenvalue weighted by molar-refractivity contribution is 5.94. The molecule has 27 heavy (non-hydrogen) atoms. The van der Waals surface area contributed by atoms with E-state index in [4.69, 9.17) is 5.73 Å². The highest BCUT2D eigenvalue weighted by atomic mass is 16.4. The standard InChI is InChI=1S/C17H30N4O6/c1-8(2)12(18)14(23)20-13(10(4)22)15(24)19-9(3)16(25)21-7-5-6-11(21)17(26)27/h8-13,22H,5-7,18H2,1-4H3,(H,19,24)(H,20,23)(H,26,27). The van der Waals surface area contributed by atoms with Crippen LogP contribution in [-0.2, 0) is 19.2 Å². The predicted octanol–water partition coefficient (Wildman–Crippen LogP) is -1.58. The largest absolute Gasteiger partial charge is 0.480 e. The summed E-state index contributed by atoms with van der Waals surface area (Å²) in [6.45, 7) is 6.56. The van der Waals surface area contributed by atoms with Crippen LogP contribution >= 0.6 is 0 Å². The number of carboxylic acid groups (broad SMARTS) is 1. The van der Waals surface area contributed by atoms with Gasteiger partial charge in [0.2, 0.25) is 17.7 Å². The van der Waals surface area contributed by atoms with Crippen LogP contribution in [-0.4, -0.2) is 75.6 Å². The van der Waals surface area contributed by atoms with Gasteiger partial charge in [0.05, 0.1) is 12.1 Å². The molecule has 0 radical (unpaired) electrons. The molecule has 1 saturated heterocycles. The van der Waals surface area contributed by atoms with Crippen molar-refractivity contribution >= 4 is 23.7 Å². The highest BCUT2D eigenvalue weighted by Crippen LogP contribution is 2.18. The zero-order valence-corrected chi connectivity index (χ0v) is 16.1. The maximum absolute atomic E-state index is 12.5. The van der Waals surface area contributed by atoms with Crippen LogP contribution in [0.2, 0.25) is 0 Å². The molecule has 1 fully saturated rings. The molecule has 0 spiro atoms. The summed E-state index contributed by atoms with van der Waals surface area (Å²) in [7, 11) is 0. The Balaban J connectivity index is 2.76. The number of aliphatic hydroxyl groups excluding tert-OH is 1. The maximum Gasteiger partial charge on any atom is 0.326 e. The van der Waals surface area contributed by atoms with Gasteiger partial charge in [-0.05, 0) is 32.6 Å². The average Bonchev–Trinajstić information content (AvgIpc) is 3.07. The third-order valence-electron chi connectivity index (χ3n) is 4.63. The molecule has 10 heteroatoms. The first kappa shape index (κ1) is 22.8. The number of likely N-dealkylation sites (tertiary alicyclic amines) is 1. The van der Waals surface area contributed by atoms with Crippen molar-refractivity contribution in [2.75, 3.05) is 6.54 Å². The first-order valence-corrected chi connectivity index (χ1v) is 9.05. The van der Waals surface area contributed by atoms with Gasteiger partial charge in [0.1, 0.15) is 18.1 Å². The molecule has 0 aromatic rings. The van der Waals surface area contributed by atoms with E-state index in [1.807, 2.05) is 0 Å². The monoisotopic (exact) mass is 386 g/mol. The third-order valence-corrected chi connectivity index (χ3v) is 4.63. The summed E-state index contributed by atoms with van der Waals surface area (Å²) >= 11 is 0. The third kappa shape index (κ3) is 5.90. The maximum atomic E-state index is 12.5. The van der Waals surface area contributed by atoms with Crippen molar-refractivity contribution in [3.05, 3.63) is 0 Å². The van der Waals surface area contributed by atoms with E-state index >= 15 is 0 Å². The van der Waals surface area contributed by atoms with Crippen LogP contribution in [0.3, 0.4) is 0 Å². The molecule has 1 aliphatic rings. The van der Waals surface area contributed by atoms with Gasteiger partial charge in [-0.3, -0.25) is 14.4 Å². The Morgan fingerprint density at radius 1 is 1.07 bits per heavy atom. The Morgan fingerprint density at radius 2 is 1.67 bits per heavy atom. The summed E-state index contributed by atoms with van der Waals surface area (Å²) in [5, 5.41) is 23.8. The van der Waals surface area contributed by atoms with Crippen molar-refractivity contribution in [1.29, 1.82) is 0 Å². The van der Waals surface area contributed by atoms with Gasteiger partial charge in [-0.2, -0.15) is 0 Å². The Hall–Kier alpha value is -2.20.